The van der Waals surface area contributed by atoms with Gasteiger partial charge in [-0.3, -0.25) is 14.9 Å². The quantitative estimate of drug-likeness (QED) is 0.530. The Kier molecular flexibility index (Phi) is 4.85. The number of halogens is 1. The lowest BCUT2D eigenvalue weighted by atomic mass is 10.2. The number of hydrogen-bond donors (Lipinski definition) is 1. The van der Waals surface area contributed by atoms with Crippen molar-refractivity contribution in [1.82, 2.24) is 4.98 Å². The maximum absolute atomic E-state index is 11.8. The molecule has 112 valence electrons. The lowest BCUT2D eigenvalue weighted by Crippen LogP contribution is -2.10. The van der Waals surface area contributed by atoms with Crippen LogP contribution in [0.15, 0.2) is 42.6 Å². The molecule has 0 spiro atoms. The lowest BCUT2D eigenvalue weighted by molar-refractivity contribution is -0.385. The van der Waals surface area contributed by atoms with Crippen LogP contribution >= 0.6 is 11.6 Å². The number of rotatable bonds is 4. The third kappa shape index (κ3) is 4.13. The van der Waals surface area contributed by atoms with Crippen molar-refractivity contribution in [3.8, 4) is 0 Å². The van der Waals surface area contributed by atoms with E-state index in [0.717, 1.165) is 11.8 Å². The third-order valence-electron chi connectivity index (χ3n) is 2.81. The van der Waals surface area contributed by atoms with Gasteiger partial charge in [-0.1, -0.05) is 23.7 Å². The van der Waals surface area contributed by atoms with E-state index in [1.807, 2.05) is 0 Å². The van der Waals surface area contributed by atoms with E-state index >= 15 is 0 Å². The molecule has 6 nitrogen and oxygen atoms in total. The highest BCUT2D eigenvalue weighted by Crippen LogP contribution is 2.18. The maximum Gasteiger partial charge on any atom is 0.287 e. The number of aryl methyl sites for hydroxylation is 1. The van der Waals surface area contributed by atoms with Gasteiger partial charge in [-0.05, 0) is 36.3 Å². The molecule has 1 N–H and O–H groups in total. The molecule has 0 aliphatic rings. The molecule has 0 aliphatic heterocycles. The molecule has 22 heavy (non-hydrogen) atoms. The molecular weight excluding hydrogens is 306 g/mol. The van der Waals surface area contributed by atoms with Crippen LogP contribution in [0.25, 0.3) is 6.08 Å². The van der Waals surface area contributed by atoms with Crippen molar-refractivity contribution >= 4 is 35.1 Å². The van der Waals surface area contributed by atoms with Gasteiger partial charge in [0.1, 0.15) is 12.0 Å². The zero-order valence-electron chi connectivity index (χ0n) is 11.6. The molecule has 1 amide bonds. The monoisotopic (exact) mass is 317 g/mol. The number of carbonyl (C=O) groups is 1. The number of nitrogens with zero attached hydrogens (tertiary/aromatic N) is 2. The second-order valence-electron chi connectivity index (χ2n) is 4.49. The molecule has 2 aromatic rings. The molecule has 0 unspecified atom stereocenters. The molecule has 1 aromatic carbocycles. The van der Waals surface area contributed by atoms with Crippen LogP contribution in [0.5, 0.6) is 0 Å². The molecule has 0 saturated heterocycles. The molecular formula is C15H12ClN3O3. The minimum absolute atomic E-state index is 0.118. The Morgan fingerprint density at radius 1 is 1.36 bits per heavy atom. The van der Waals surface area contributed by atoms with Crippen LogP contribution in [0.4, 0.5) is 11.5 Å². The molecule has 0 radical (unpaired) electrons. The molecule has 0 aliphatic carbocycles. The number of hydrogen-bond acceptors (Lipinski definition) is 4. The Morgan fingerprint density at radius 2 is 2.05 bits per heavy atom. The highest BCUT2D eigenvalue weighted by atomic mass is 35.5. The summed E-state index contributed by atoms with van der Waals surface area (Å²) in [6.07, 6.45) is 4.09. The smallest absolute Gasteiger partial charge is 0.287 e. The summed E-state index contributed by atoms with van der Waals surface area (Å²) < 4.78 is 0. The van der Waals surface area contributed by atoms with Gasteiger partial charge in [-0.2, -0.15) is 0 Å². The summed E-state index contributed by atoms with van der Waals surface area (Å²) in [5.74, 6) is -0.0873. The fourth-order valence-corrected chi connectivity index (χ4v) is 1.82. The number of pyridine rings is 1. The highest BCUT2D eigenvalue weighted by molar-refractivity contribution is 6.30. The van der Waals surface area contributed by atoms with Gasteiger partial charge in [-0.15, -0.1) is 0 Å². The van der Waals surface area contributed by atoms with E-state index < -0.39 is 4.92 Å². The van der Waals surface area contributed by atoms with Crippen LogP contribution in [0.1, 0.15) is 11.1 Å². The van der Waals surface area contributed by atoms with E-state index in [9.17, 15) is 14.9 Å². The van der Waals surface area contributed by atoms with Crippen molar-refractivity contribution in [3.63, 3.8) is 0 Å². The van der Waals surface area contributed by atoms with E-state index in [0.29, 0.717) is 10.6 Å². The van der Waals surface area contributed by atoms with E-state index in [-0.39, 0.29) is 17.4 Å². The number of nitro groups is 1. The zero-order chi connectivity index (χ0) is 16.1. The summed E-state index contributed by atoms with van der Waals surface area (Å²) in [7, 11) is 0. The van der Waals surface area contributed by atoms with Crippen molar-refractivity contribution in [2.75, 3.05) is 5.32 Å². The van der Waals surface area contributed by atoms with E-state index in [1.54, 1.807) is 37.3 Å². The Labute approximate surface area is 131 Å². The summed E-state index contributed by atoms with van der Waals surface area (Å²) in [5.41, 5.74) is 1.22. The Balaban J connectivity index is 2.05. The first-order chi connectivity index (χ1) is 10.5. The van der Waals surface area contributed by atoms with Gasteiger partial charge in [0.15, 0.2) is 0 Å². The minimum Gasteiger partial charge on any atom is -0.307 e. The van der Waals surface area contributed by atoms with Crippen molar-refractivity contribution < 1.29 is 9.72 Å². The van der Waals surface area contributed by atoms with Crippen LogP contribution in [-0.2, 0) is 4.79 Å². The Bertz CT molecular complexity index is 742. The van der Waals surface area contributed by atoms with Gasteiger partial charge < -0.3 is 5.32 Å². The first kappa shape index (κ1) is 15.7. The van der Waals surface area contributed by atoms with Gasteiger partial charge >= 0.3 is 0 Å². The number of benzene rings is 1. The summed E-state index contributed by atoms with van der Waals surface area (Å²) >= 11 is 5.77. The average molecular weight is 318 g/mol. The van der Waals surface area contributed by atoms with Gasteiger partial charge in [0.25, 0.3) is 5.69 Å². The Hall–Kier alpha value is -2.73. The van der Waals surface area contributed by atoms with E-state index in [1.165, 1.54) is 12.1 Å². The molecule has 1 aromatic heterocycles. The number of amides is 1. The second-order valence-corrected chi connectivity index (χ2v) is 4.93. The molecule has 1 heterocycles. The minimum atomic E-state index is -0.536. The predicted octanol–water partition coefficient (Wildman–Crippen LogP) is 3.60. The Morgan fingerprint density at radius 3 is 2.64 bits per heavy atom. The van der Waals surface area contributed by atoms with E-state index in [4.69, 9.17) is 11.6 Å². The largest absolute Gasteiger partial charge is 0.307 e. The SMILES string of the molecule is Cc1cc([N+](=O)[O-])cnc1NC(=O)/C=C/c1ccc(Cl)cc1. The first-order valence-electron chi connectivity index (χ1n) is 6.31. The molecule has 2 rings (SSSR count). The fraction of sp³-hybridized carbons (Fsp3) is 0.0667. The molecule has 0 fully saturated rings. The van der Waals surface area contributed by atoms with Crippen molar-refractivity contribution in [2.24, 2.45) is 0 Å². The number of nitrogens with one attached hydrogen (secondary N) is 1. The summed E-state index contributed by atoms with van der Waals surface area (Å²) in [4.78, 5) is 25.8. The van der Waals surface area contributed by atoms with Crippen molar-refractivity contribution in [2.45, 2.75) is 6.92 Å². The standard InChI is InChI=1S/C15H12ClN3O3/c1-10-8-13(19(21)22)9-17-15(10)18-14(20)7-4-11-2-5-12(16)6-3-11/h2-9H,1H3,(H,17,18,20)/b7-4+. The fourth-order valence-electron chi connectivity index (χ4n) is 1.69. The van der Waals surface area contributed by atoms with Crippen LogP contribution < -0.4 is 5.32 Å². The van der Waals surface area contributed by atoms with Gasteiger partial charge in [-0.25, -0.2) is 4.98 Å². The number of anilines is 1. The van der Waals surface area contributed by atoms with Crippen LogP contribution in [-0.4, -0.2) is 15.8 Å². The summed E-state index contributed by atoms with van der Waals surface area (Å²) in [6, 6.07) is 8.36. The maximum atomic E-state index is 11.8. The summed E-state index contributed by atoms with van der Waals surface area (Å²) in [5, 5.41) is 13.8. The van der Waals surface area contributed by atoms with Crippen LogP contribution in [0.2, 0.25) is 5.02 Å². The lowest BCUT2D eigenvalue weighted by Gasteiger charge is -2.04. The number of aromatic nitrogens is 1. The normalized spacial score (nSPS) is 10.6. The average Bonchev–Trinajstić information content (AvgIpc) is 2.48. The summed E-state index contributed by atoms with van der Waals surface area (Å²) in [6.45, 7) is 1.64. The predicted molar refractivity (Wildman–Crippen MR) is 84.7 cm³/mol. The highest BCUT2D eigenvalue weighted by Gasteiger charge is 2.10. The van der Waals surface area contributed by atoms with Crippen LogP contribution in [0, 0.1) is 17.0 Å². The van der Waals surface area contributed by atoms with Gasteiger partial charge in [0.2, 0.25) is 5.91 Å². The van der Waals surface area contributed by atoms with Crippen molar-refractivity contribution in [3.05, 3.63) is 68.9 Å². The zero-order valence-corrected chi connectivity index (χ0v) is 12.4. The number of carbonyl (C=O) groups excluding carboxylic acids is 1. The molecule has 0 bridgehead atoms. The van der Waals surface area contributed by atoms with E-state index in [2.05, 4.69) is 10.3 Å². The topological polar surface area (TPSA) is 85.1 Å². The molecule has 0 saturated carbocycles. The third-order valence-corrected chi connectivity index (χ3v) is 3.07. The molecule has 0 atom stereocenters. The molecule has 7 heteroatoms. The van der Waals surface area contributed by atoms with Crippen molar-refractivity contribution in [1.29, 1.82) is 0 Å². The first-order valence-corrected chi connectivity index (χ1v) is 6.69. The van der Waals surface area contributed by atoms with Crippen LogP contribution in [0.3, 0.4) is 0 Å². The second kappa shape index (κ2) is 6.82. The van der Waals surface area contributed by atoms with Gasteiger partial charge in [0, 0.05) is 17.2 Å². The van der Waals surface area contributed by atoms with Gasteiger partial charge in [0.05, 0.1) is 4.92 Å².